The molecule has 2 atom stereocenters. The Kier molecular flexibility index (Phi) is 5.43. The van der Waals surface area contributed by atoms with Crippen molar-refractivity contribution in [3.63, 3.8) is 0 Å². The number of H-pyrrole nitrogens is 1. The zero-order valence-corrected chi connectivity index (χ0v) is 18.8. The molecule has 31 heavy (non-hydrogen) atoms. The summed E-state index contributed by atoms with van der Waals surface area (Å²) in [5.41, 5.74) is 2.81. The van der Waals surface area contributed by atoms with Crippen LogP contribution in [-0.4, -0.2) is 40.6 Å². The summed E-state index contributed by atoms with van der Waals surface area (Å²) >= 11 is 6.06. The van der Waals surface area contributed by atoms with Crippen LogP contribution in [-0.2, 0) is 11.2 Å². The summed E-state index contributed by atoms with van der Waals surface area (Å²) in [6.07, 6.45) is 0.208. The van der Waals surface area contributed by atoms with Crippen LogP contribution < -0.4 is 5.32 Å². The van der Waals surface area contributed by atoms with Gasteiger partial charge < -0.3 is 19.9 Å². The van der Waals surface area contributed by atoms with Gasteiger partial charge in [-0.25, -0.2) is 4.79 Å². The molecule has 0 saturated heterocycles. The molecule has 0 fully saturated rings. The molecule has 0 radical (unpaired) electrons. The van der Waals surface area contributed by atoms with E-state index in [1.165, 1.54) is 0 Å². The Morgan fingerprint density at radius 1 is 1.16 bits per heavy atom. The molecule has 1 heterocycles. The average molecular weight is 440 g/mol. The van der Waals surface area contributed by atoms with Crippen molar-refractivity contribution in [1.82, 2.24) is 15.2 Å². The number of aromatic nitrogens is 1. The van der Waals surface area contributed by atoms with Gasteiger partial charge in [0.25, 0.3) is 5.91 Å². The highest BCUT2D eigenvalue weighted by Gasteiger charge is 2.39. The maximum absolute atomic E-state index is 13.1. The van der Waals surface area contributed by atoms with E-state index in [2.05, 4.69) is 10.3 Å². The van der Waals surface area contributed by atoms with Gasteiger partial charge in [-0.1, -0.05) is 35.9 Å². The fraction of sp³-hybridized carbons (Fsp3) is 0.333. The first-order valence-electron chi connectivity index (χ1n) is 10.2. The van der Waals surface area contributed by atoms with Gasteiger partial charge in [0.05, 0.1) is 12.1 Å². The number of aromatic amines is 1. The molecule has 0 spiro atoms. The molecular weight excluding hydrogens is 414 g/mol. The number of rotatable bonds is 3. The highest BCUT2D eigenvalue weighted by atomic mass is 35.5. The van der Waals surface area contributed by atoms with Crippen LogP contribution in [0.1, 0.15) is 48.4 Å². The minimum absolute atomic E-state index is 0.229. The van der Waals surface area contributed by atoms with E-state index in [4.69, 9.17) is 16.3 Å². The summed E-state index contributed by atoms with van der Waals surface area (Å²) in [6, 6.07) is 14.6. The second kappa shape index (κ2) is 7.93. The third-order valence-electron chi connectivity index (χ3n) is 5.44. The molecule has 6 nitrogen and oxygen atoms in total. The van der Waals surface area contributed by atoms with E-state index in [1.807, 2.05) is 57.2 Å². The molecule has 0 unspecified atom stereocenters. The smallest absolute Gasteiger partial charge is 0.410 e. The van der Waals surface area contributed by atoms with Gasteiger partial charge in [0.2, 0.25) is 0 Å². The van der Waals surface area contributed by atoms with E-state index in [0.717, 1.165) is 22.0 Å². The first-order chi connectivity index (χ1) is 14.6. The number of carbonyl (C=O) groups excluding carboxylic acids is 2. The molecule has 1 aliphatic carbocycles. The normalized spacial score (nSPS) is 18.0. The molecule has 0 saturated carbocycles. The number of benzene rings is 2. The quantitative estimate of drug-likeness (QED) is 0.597. The number of nitrogens with one attached hydrogen (secondary N) is 2. The van der Waals surface area contributed by atoms with Crippen LogP contribution in [0.5, 0.6) is 0 Å². The van der Waals surface area contributed by atoms with Crippen molar-refractivity contribution in [3.8, 4) is 0 Å². The second-order valence-electron chi connectivity index (χ2n) is 8.93. The number of likely N-dealkylation sites (N-methyl/N-ethyl adjacent to an activating group) is 1. The Labute approximate surface area is 186 Å². The number of halogens is 1. The van der Waals surface area contributed by atoms with Crippen molar-refractivity contribution >= 4 is 34.5 Å². The highest BCUT2D eigenvalue weighted by molar-refractivity contribution is 6.31. The third kappa shape index (κ3) is 4.39. The number of hydrogen-bond acceptors (Lipinski definition) is 3. The van der Waals surface area contributed by atoms with Crippen molar-refractivity contribution in [2.45, 2.75) is 44.9 Å². The Balaban J connectivity index is 1.59. The number of hydrogen-bond donors (Lipinski definition) is 2. The molecule has 2 aromatic carbocycles. The van der Waals surface area contributed by atoms with E-state index < -0.39 is 11.7 Å². The maximum Gasteiger partial charge on any atom is 0.410 e. The summed E-state index contributed by atoms with van der Waals surface area (Å²) in [5.74, 6) is -0.229. The first-order valence-corrected chi connectivity index (χ1v) is 10.6. The second-order valence-corrected chi connectivity index (χ2v) is 9.37. The predicted octanol–water partition coefficient (Wildman–Crippen LogP) is 5.08. The zero-order valence-electron chi connectivity index (χ0n) is 18.0. The van der Waals surface area contributed by atoms with Crippen LogP contribution in [0.2, 0.25) is 5.02 Å². The zero-order chi connectivity index (χ0) is 22.3. The average Bonchev–Trinajstić information content (AvgIpc) is 3.26. The lowest BCUT2D eigenvalue weighted by Crippen LogP contribution is -2.46. The van der Waals surface area contributed by atoms with Crippen LogP contribution in [0.3, 0.4) is 0 Å². The summed E-state index contributed by atoms with van der Waals surface area (Å²) in [5, 5.41) is 4.60. The molecular formula is C24H26ClN3O3. The van der Waals surface area contributed by atoms with Gasteiger partial charge in [0, 0.05) is 23.0 Å². The summed E-state index contributed by atoms with van der Waals surface area (Å²) in [6.45, 7) is 5.51. The first kappa shape index (κ1) is 21.2. The number of carbonyl (C=O) groups is 2. The van der Waals surface area contributed by atoms with Gasteiger partial charge in [-0.2, -0.15) is 0 Å². The Morgan fingerprint density at radius 2 is 1.90 bits per heavy atom. The van der Waals surface area contributed by atoms with Crippen LogP contribution >= 0.6 is 11.6 Å². The molecule has 2 amide bonds. The van der Waals surface area contributed by atoms with Crippen molar-refractivity contribution in [3.05, 3.63) is 70.4 Å². The van der Waals surface area contributed by atoms with Crippen LogP contribution in [0.15, 0.2) is 48.5 Å². The standard InChI is InChI=1S/C24H26ClN3O3/c1-24(2,3)31-23(30)28(4)21-17-8-6-5-7-14(17)12-19(21)27-22(29)20-13-15-11-16(25)9-10-18(15)26-20/h5-11,13,19,21,26H,12H2,1-4H3,(H,27,29)/t19-,21-/m1/s1. The minimum atomic E-state index is -0.603. The van der Waals surface area contributed by atoms with Crippen molar-refractivity contribution in [2.75, 3.05) is 7.05 Å². The number of amides is 2. The van der Waals surface area contributed by atoms with E-state index in [1.54, 1.807) is 24.1 Å². The van der Waals surface area contributed by atoms with E-state index in [9.17, 15) is 9.59 Å². The highest BCUT2D eigenvalue weighted by Crippen LogP contribution is 2.36. The number of fused-ring (bicyclic) bond motifs is 2. The van der Waals surface area contributed by atoms with Crippen LogP contribution in [0.25, 0.3) is 10.9 Å². The van der Waals surface area contributed by atoms with Crippen molar-refractivity contribution in [1.29, 1.82) is 0 Å². The van der Waals surface area contributed by atoms with E-state index in [0.29, 0.717) is 17.1 Å². The molecule has 0 aliphatic heterocycles. The molecule has 7 heteroatoms. The maximum atomic E-state index is 13.1. The van der Waals surface area contributed by atoms with Gasteiger partial charge in [-0.15, -0.1) is 0 Å². The molecule has 4 rings (SSSR count). The molecule has 162 valence electrons. The molecule has 3 aromatic rings. The fourth-order valence-electron chi connectivity index (χ4n) is 4.10. The molecule has 1 aromatic heterocycles. The van der Waals surface area contributed by atoms with E-state index in [-0.39, 0.29) is 18.0 Å². The predicted molar refractivity (Wildman–Crippen MR) is 121 cm³/mol. The lowest BCUT2D eigenvalue weighted by Gasteiger charge is -2.32. The summed E-state index contributed by atoms with van der Waals surface area (Å²) < 4.78 is 5.57. The summed E-state index contributed by atoms with van der Waals surface area (Å²) in [7, 11) is 1.71. The Bertz CT molecular complexity index is 1150. The van der Waals surface area contributed by atoms with Gasteiger partial charge in [-0.3, -0.25) is 4.79 Å². The Hall–Kier alpha value is -2.99. The number of ether oxygens (including phenoxy) is 1. The largest absolute Gasteiger partial charge is 0.444 e. The number of nitrogens with zero attached hydrogens (tertiary/aromatic N) is 1. The van der Waals surface area contributed by atoms with Gasteiger partial charge >= 0.3 is 6.09 Å². The molecule has 2 N–H and O–H groups in total. The summed E-state index contributed by atoms with van der Waals surface area (Å²) in [4.78, 5) is 30.6. The van der Waals surface area contributed by atoms with Crippen LogP contribution in [0, 0.1) is 0 Å². The third-order valence-corrected chi connectivity index (χ3v) is 5.67. The SMILES string of the molecule is CN(C(=O)OC(C)(C)C)[C@@H]1c2ccccc2C[C@H]1NC(=O)c1cc2cc(Cl)ccc2[nH]1. The Morgan fingerprint density at radius 3 is 2.65 bits per heavy atom. The van der Waals surface area contributed by atoms with E-state index >= 15 is 0 Å². The van der Waals surface area contributed by atoms with Gasteiger partial charge in [0.15, 0.2) is 0 Å². The lowest BCUT2D eigenvalue weighted by atomic mass is 10.1. The monoisotopic (exact) mass is 439 g/mol. The molecule has 1 aliphatic rings. The van der Waals surface area contributed by atoms with Gasteiger partial charge in [0.1, 0.15) is 11.3 Å². The van der Waals surface area contributed by atoms with Crippen LogP contribution in [0.4, 0.5) is 4.79 Å². The topological polar surface area (TPSA) is 74.4 Å². The molecule has 0 bridgehead atoms. The lowest BCUT2D eigenvalue weighted by molar-refractivity contribution is 0.0192. The van der Waals surface area contributed by atoms with Crippen molar-refractivity contribution in [2.24, 2.45) is 0 Å². The van der Waals surface area contributed by atoms with Crippen molar-refractivity contribution < 1.29 is 14.3 Å². The van der Waals surface area contributed by atoms with Gasteiger partial charge in [-0.05, 0) is 62.6 Å². The fourth-order valence-corrected chi connectivity index (χ4v) is 4.28. The minimum Gasteiger partial charge on any atom is -0.444 e.